The van der Waals surface area contributed by atoms with Crippen LogP contribution in [0.5, 0.6) is 5.75 Å². The first-order valence-electron chi connectivity index (χ1n) is 6.78. The van der Waals surface area contributed by atoms with Crippen LogP contribution in [-0.2, 0) is 6.54 Å². The number of hydrogen-bond donors (Lipinski definition) is 1. The van der Waals surface area contributed by atoms with E-state index < -0.39 is 0 Å². The average Bonchev–Trinajstić information content (AvgIpc) is 3.11. The highest BCUT2D eigenvalue weighted by Crippen LogP contribution is 2.25. The van der Waals surface area contributed by atoms with Crippen molar-refractivity contribution < 1.29 is 4.74 Å². The van der Waals surface area contributed by atoms with E-state index in [-0.39, 0.29) is 0 Å². The molecule has 0 radical (unpaired) electrons. The fourth-order valence-electron chi connectivity index (χ4n) is 2.37. The lowest BCUT2D eigenvalue weighted by Crippen LogP contribution is -2.10. The number of rotatable bonds is 5. The van der Waals surface area contributed by atoms with Gasteiger partial charge in [-0.15, -0.1) is 11.3 Å². The van der Waals surface area contributed by atoms with Crippen molar-refractivity contribution in [2.45, 2.75) is 38.3 Å². The molecule has 1 aromatic carbocycles. The van der Waals surface area contributed by atoms with Crippen LogP contribution in [0, 0.1) is 0 Å². The van der Waals surface area contributed by atoms with Gasteiger partial charge in [-0.3, -0.25) is 0 Å². The Morgan fingerprint density at radius 2 is 2.00 bits per heavy atom. The predicted molar refractivity (Wildman–Crippen MR) is 78.8 cm³/mol. The summed E-state index contributed by atoms with van der Waals surface area (Å²) in [7, 11) is 0. The molecule has 1 N–H and O–H groups in total. The lowest BCUT2D eigenvalue weighted by atomic mass is 10.2. The van der Waals surface area contributed by atoms with Crippen LogP contribution in [0.3, 0.4) is 0 Å². The summed E-state index contributed by atoms with van der Waals surface area (Å²) in [5, 5.41) is 5.42. The standard InChI is InChI=1S/C15H18N2OS/c1-2-4-14(3-1)18-15-7-5-12(6-8-15)16-9-13-10-19-11-17-13/h5-8,10-11,14,16H,1-4,9H2. The van der Waals surface area contributed by atoms with Gasteiger partial charge in [0.15, 0.2) is 0 Å². The summed E-state index contributed by atoms with van der Waals surface area (Å²) in [6.45, 7) is 0.770. The molecule has 1 aliphatic carbocycles. The number of ether oxygens (including phenoxy) is 1. The SMILES string of the molecule is c1nc(CNc2ccc(OC3CCCC3)cc2)cs1. The Labute approximate surface area is 117 Å². The molecule has 0 unspecified atom stereocenters. The number of nitrogens with zero attached hydrogens (tertiary/aromatic N) is 1. The molecule has 0 bridgehead atoms. The molecule has 1 fully saturated rings. The summed E-state index contributed by atoms with van der Waals surface area (Å²) >= 11 is 1.62. The first-order valence-corrected chi connectivity index (χ1v) is 7.72. The van der Waals surface area contributed by atoms with Gasteiger partial charge in [0, 0.05) is 11.1 Å². The van der Waals surface area contributed by atoms with Crippen LogP contribution >= 0.6 is 11.3 Å². The van der Waals surface area contributed by atoms with Gasteiger partial charge in [-0.1, -0.05) is 0 Å². The van der Waals surface area contributed by atoms with Gasteiger partial charge in [-0.25, -0.2) is 4.98 Å². The van der Waals surface area contributed by atoms with E-state index in [4.69, 9.17) is 4.74 Å². The van der Waals surface area contributed by atoms with Gasteiger partial charge in [-0.05, 0) is 49.9 Å². The highest BCUT2D eigenvalue weighted by Gasteiger charge is 2.16. The number of nitrogens with one attached hydrogen (secondary N) is 1. The third-order valence-corrected chi connectivity index (χ3v) is 4.05. The van der Waals surface area contributed by atoms with Crippen LogP contribution in [0.25, 0.3) is 0 Å². The number of hydrogen-bond acceptors (Lipinski definition) is 4. The van der Waals surface area contributed by atoms with E-state index >= 15 is 0 Å². The Bertz CT molecular complexity index is 489. The van der Waals surface area contributed by atoms with Crippen molar-refractivity contribution in [2.75, 3.05) is 5.32 Å². The highest BCUT2D eigenvalue weighted by atomic mass is 32.1. The van der Waals surface area contributed by atoms with Crippen molar-refractivity contribution in [1.29, 1.82) is 0 Å². The fourth-order valence-corrected chi connectivity index (χ4v) is 2.93. The second-order valence-corrected chi connectivity index (χ2v) is 5.60. The van der Waals surface area contributed by atoms with E-state index in [0.717, 1.165) is 23.7 Å². The largest absolute Gasteiger partial charge is 0.490 e. The molecule has 0 atom stereocenters. The van der Waals surface area contributed by atoms with Gasteiger partial charge in [0.1, 0.15) is 5.75 Å². The Morgan fingerprint density at radius 3 is 2.68 bits per heavy atom. The fraction of sp³-hybridized carbons (Fsp3) is 0.400. The molecule has 1 aromatic heterocycles. The molecule has 3 rings (SSSR count). The van der Waals surface area contributed by atoms with Gasteiger partial charge in [0.25, 0.3) is 0 Å². The monoisotopic (exact) mass is 274 g/mol. The van der Waals surface area contributed by atoms with Crippen LogP contribution in [-0.4, -0.2) is 11.1 Å². The quantitative estimate of drug-likeness (QED) is 0.892. The first kappa shape index (κ1) is 12.5. The Hall–Kier alpha value is -1.55. The van der Waals surface area contributed by atoms with Crippen molar-refractivity contribution >= 4 is 17.0 Å². The van der Waals surface area contributed by atoms with Crippen LogP contribution < -0.4 is 10.1 Å². The maximum absolute atomic E-state index is 5.94. The Kier molecular flexibility index (Phi) is 3.98. The van der Waals surface area contributed by atoms with Gasteiger partial charge in [0.05, 0.1) is 23.9 Å². The Morgan fingerprint density at radius 1 is 1.21 bits per heavy atom. The molecular weight excluding hydrogens is 256 g/mol. The molecule has 3 nitrogen and oxygen atoms in total. The number of benzene rings is 1. The highest BCUT2D eigenvalue weighted by molar-refractivity contribution is 7.07. The smallest absolute Gasteiger partial charge is 0.119 e. The first-order chi connectivity index (χ1) is 9.40. The third-order valence-electron chi connectivity index (χ3n) is 3.42. The van der Waals surface area contributed by atoms with E-state index in [2.05, 4.69) is 27.8 Å². The lowest BCUT2D eigenvalue weighted by Gasteiger charge is -2.13. The molecule has 19 heavy (non-hydrogen) atoms. The van der Waals surface area contributed by atoms with E-state index in [1.165, 1.54) is 25.7 Å². The molecule has 1 aliphatic rings. The summed E-state index contributed by atoms with van der Waals surface area (Å²) in [5.41, 5.74) is 4.04. The molecule has 0 amide bonds. The van der Waals surface area contributed by atoms with E-state index in [1.54, 1.807) is 11.3 Å². The van der Waals surface area contributed by atoms with Gasteiger partial charge >= 0.3 is 0 Å². The van der Waals surface area contributed by atoms with Crippen LogP contribution in [0.15, 0.2) is 35.2 Å². The zero-order valence-electron chi connectivity index (χ0n) is 10.8. The number of thiazole rings is 1. The molecule has 0 aliphatic heterocycles. The van der Waals surface area contributed by atoms with Crippen LogP contribution in [0.1, 0.15) is 31.4 Å². The lowest BCUT2D eigenvalue weighted by molar-refractivity contribution is 0.210. The van der Waals surface area contributed by atoms with Crippen molar-refractivity contribution in [2.24, 2.45) is 0 Å². The zero-order valence-corrected chi connectivity index (χ0v) is 11.7. The van der Waals surface area contributed by atoms with Crippen LogP contribution in [0.4, 0.5) is 5.69 Å². The molecule has 0 spiro atoms. The molecule has 100 valence electrons. The second kappa shape index (κ2) is 6.06. The topological polar surface area (TPSA) is 34.2 Å². The average molecular weight is 274 g/mol. The van der Waals surface area contributed by atoms with Crippen molar-refractivity contribution in [3.8, 4) is 5.75 Å². The van der Waals surface area contributed by atoms with E-state index in [1.807, 2.05) is 17.6 Å². The maximum atomic E-state index is 5.94. The zero-order chi connectivity index (χ0) is 12.9. The van der Waals surface area contributed by atoms with E-state index in [9.17, 15) is 0 Å². The molecule has 1 heterocycles. The van der Waals surface area contributed by atoms with Gasteiger partial charge in [0.2, 0.25) is 0 Å². The summed E-state index contributed by atoms with van der Waals surface area (Å²) < 4.78 is 5.94. The molecule has 0 saturated heterocycles. The van der Waals surface area contributed by atoms with Gasteiger partial charge < -0.3 is 10.1 Å². The van der Waals surface area contributed by atoms with E-state index in [0.29, 0.717) is 6.10 Å². The number of anilines is 1. The third kappa shape index (κ3) is 3.47. The minimum absolute atomic E-state index is 0.425. The molecule has 4 heteroatoms. The second-order valence-electron chi connectivity index (χ2n) is 4.88. The minimum atomic E-state index is 0.425. The molecule has 1 saturated carbocycles. The summed E-state index contributed by atoms with van der Waals surface area (Å²) in [4.78, 5) is 4.25. The summed E-state index contributed by atoms with van der Waals surface area (Å²) in [6, 6.07) is 8.22. The minimum Gasteiger partial charge on any atom is -0.490 e. The van der Waals surface area contributed by atoms with Crippen molar-refractivity contribution in [1.82, 2.24) is 4.98 Å². The van der Waals surface area contributed by atoms with Crippen molar-refractivity contribution in [3.63, 3.8) is 0 Å². The Balaban J connectivity index is 1.53. The summed E-state index contributed by atoms with van der Waals surface area (Å²) in [6.07, 6.45) is 5.43. The number of aromatic nitrogens is 1. The van der Waals surface area contributed by atoms with Crippen molar-refractivity contribution in [3.05, 3.63) is 40.8 Å². The summed E-state index contributed by atoms with van der Waals surface area (Å²) in [5.74, 6) is 0.978. The molecule has 2 aromatic rings. The molecular formula is C15H18N2OS. The maximum Gasteiger partial charge on any atom is 0.119 e. The predicted octanol–water partition coefficient (Wildman–Crippen LogP) is 4.08. The normalized spacial score (nSPS) is 15.6. The van der Waals surface area contributed by atoms with Crippen LogP contribution in [0.2, 0.25) is 0 Å². The van der Waals surface area contributed by atoms with Gasteiger partial charge in [-0.2, -0.15) is 0 Å².